The fraction of sp³-hybridized carbons (Fsp3) is 0.667. The van der Waals surface area contributed by atoms with Crippen molar-refractivity contribution in [3.05, 3.63) is 35.4 Å². The first-order valence-electron chi connectivity index (χ1n) is 8.24. The third kappa shape index (κ3) is 6.01. The molecular formula is C18H30N2S. The molecule has 0 spiro atoms. The molecule has 118 valence electrons. The lowest BCUT2D eigenvalue weighted by atomic mass is 10.1. The number of nitrogens with one attached hydrogen (secondary N) is 1. The Labute approximate surface area is 134 Å². The molecule has 0 radical (unpaired) electrons. The summed E-state index contributed by atoms with van der Waals surface area (Å²) in [6.07, 6.45) is 2.42. The predicted octanol–water partition coefficient (Wildman–Crippen LogP) is 3.56. The molecule has 1 saturated heterocycles. The lowest BCUT2D eigenvalue weighted by Crippen LogP contribution is -2.26. The minimum absolute atomic E-state index is 0.449. The van der Waals surface area contributed by atoms with E-state index in [4.69, 9.17) is 0 Å². The molecule has 1 aliphatic heterocycles. The van der Waals surface area contributed by atoms with Gasteiger partial charge in [0.2, 0.25) is 0 Å². The SMILES string of the molecule is CCNCCc1ccc(CN2CCSC(C)(C)CC2)cc1. The normalized spacial score (nSPS) is 19.4. The van der Waals surface area contributed by atoms with Gasteiger partial charge in [-0.3, -0.25) is 4.90 Å². The summed E-state index contributed by atoms with van der Waals surface area (Å²) in [7, 11) is 0. The van der Waals surface area contributed by atoms with E-state index in [1.807, 2.05) is 0 Å². The summed E-state index contributed by atoms with van der Waals surface area (Å²) >= 11 is 2.12. The van der Waals surface area contributed by atoms with E-state index >= 15 is 0 Å². The van der Waals surface area contributed by atoms with Crippen molar-refractivity contribution in [2.45, 2.75) is 44.9 Å². The fourth-order valence-corrected chi connectivity index (χ4v) is 3.84. The van der Waals surface area contributed by atoms with Crippen molar-refractivity contribution in [2.75, 3.05) is 31.9 Å². The van der Waals surface area contributed by atoms with E-state index < -0.39 is 0 Å². The van der Waals surface area contributed by atoms with Crippen LogP contribution in [0, 0.1) is 0 Å². The fourth-order valence-electron chi connectivity index (χ4n) is 2.70. The molecule has 0 atom stereocenters. The van der Waals surface area contributed by atoms with E-state index in [1.165, 1.54) is 36.4 Å². The first-order chi connectivity index (χ1) is 10.1. The van der Waals surface area contributed by atoms with Crippen LogP contribution in [0.5, 0.6) is 0 Å². The summed E-state index contributed by atoms with van der Waals surface area (Å²) in [5, 5.41) is 3.38. The van der Waals surface area contributed by atoms with Gasteiger partial charge in [-0.1, -0.05) is 45.0 Å². The van der Waals surface area contributed by atoms with Crippen molar-refractivity contribution in [1.29, 1.82) is 0 Å². The van der Waals surface area contributed by atoms with Crippen molar-refractivity contribution < 1.29 is 0 Å². The zero-order chi connectivity index (χ0) is 15.1. The van der Waals surface area contributed by atoms with Crippen LogP contribution in [0.1, 0.15) is 38.3 Å². The highest BCUT2D eigenvalue weighted by atomic mass is 32.2. The Balaban J connectivity index is 1.82. The van der Waals surface area contributed by atoms with E-state index in [0.29, 0.717) is 4.75 Å². The monoisotopic (exact) mass is 306 g/mol. The Bertz CT molecular complexity index is 414. The number of hydrogen-bond acceptors (Lipinski definition) is 3. The van der Waals surface area contributed by atoms with E-state index in [2.05, 4.69) is 67.0 Å². The molecule has 0 amide bonds. The number of nitrogens with zero attached hydrogens (tertiary/aromatic N) is 1. The number of likely N-dealkylation sites (N-methyl/N-ethyl adjacent to an activating group) is 1. The van der Waals surface area contributed by atoms with E-state index in [9.17, 15) is 0 Å². The minimum Gasteiger partial charge on any atom is -0.317 e. The van der Waals surface area contributed by atoms with Crippen LogP contribution in [-0.2, 0) is 13.0 Å². The van der Waals surface area contributed by atoms with Crippen molar-refractivity contribution in [3.8, 4) is 0 Å². The largest absolute Gasteiger partial charge is 0.317 e. The Morgan fingerprint density at radius 2 is 1.86 bits per heavy atom. The van der Waals surface area contributed by atoms with Crippen molar-refractivity contribution >= 4 is 11.8 Å². The zero-order valence-corrected chi connectivity index (χ0v) is 14.6. The molecule has 1 aliphatic rings. The quantitative estimate of drug-likeness (QED) is 0.809. The summed E-state index contributed by atoms with van der Waals surface area (Å²) in [6, 6.07) is 9.21. The van der Waals surface area contributed by atoms with Crippen LogP contribution in [0.25, 0.3) is 0 Å². The molecular weight excluding hydrogens is 276 g/mol. The molecule has 3 heteroatoms. The van der Waals surface area contributed by atoms with Gasteiger partial charge in [-0.25, -0.2) is 0 Å². The van der Waals surface area contributed by atoms with Crippen LogP contribution in [0.15, 0.2) is 24.3 Å². The second-order valence-electron chi connectivity index (χ2n) is 6.55. The summed E-state index contributed by atoms with van der Waals surface area (Å²) in [4.78, 5) is 2.61. The van der Waals surface area contributed by atoms with Gasteiger partial charge < -0.3 is 5.32 Å². The van der Waals surface area contributed by atoms with Crippen molar-refractivity contribution in [2.24, 2.45) is 0 Å². The van der Waals surface area contributed by atoms with Gasteiger partial charge in [0, 0.05) is 23.6 Å². The second-order valence-corrected chi connectivity index (χ2v) is 8.36. The van der Waals surface area contributed by atoms with E-state index in [0.717, 1.165) is 26.1 Å². The van der Waals surface area contributed by atoms with Crippen LogP contribution < -0.4 is 5.32 Å². The summed E-state index contributed by atoms with van der Waals surface area (Å²) < 4.78 is 0.449. The average molecular weight is 307 g/mol. The molecule has 0 aromatic heterocycles. The second kappa shape index (κ2) is 8.21. The molecule has 0 unspecified atom stereocenters. The maximum absolute atomic E-state index is 3.38. The summed E-state index contributed by atoms with van der Waals surface area (Å²) in [5.74, 6) is 1.26. The van der Waals surface area contributed by atoms with Gasteiger partial charge in [0.15, 0.2) is 0 Å². The van der Waals surface area contributed by atoms with E-state index in [-0.39, 0.29) is 0 Å². The minimum atomic E-state index is 0.449. The highest BCUT2D eigenvalue weighted by molar-refractivity contribution is 8.00. The molecule has 1 aromatic carbocycles. The molecule has 0 bridgehead atoms. The van der Waals surface area contributed by atoms with Crippen LogP contribution in [0.2, 0.25) is 0 Å². The van der Waals surface area contributed by atoms with Crippen LogP contribution in [-0.4, -0.2) is 41.6 Å². The number of rotatable bonds is 6. The van der Waals surface area contributed by atoms with Gasteiger partial charge in [-0.05, 0) is 43.6 Å². The molecule has 0 aliphatic carbocycles. The topological polar surface area (TPSA) is 15.3 Å². The van der Waals surface area contributed by atoms with Gasteiger partial charge in [0.05, 0.1) is 0 Å². The standard InChI is InChI=1S/C18H30N2S/c1-4-19-11-9-16-5-7-17(8-6-16)15-20-12-10-18(2,3)21-14-13-20/h5-8,19H,4,9-15H2,1-3H3. The maximum atomic E-state index is 3.38. The van der Waals surface area contributed by atoms with Gasteiger partial charge in [-0.15, -0.1) is 0 Å². The molecule has 2 rings (SSSR count). The van der Waals surface area contributed by atoms with Crippen molar-refractivity contribution in [1.82, 2.24) is 10.2 Å². The lowest BCUT2D eigenvalue weighted by Gasteiger charge is -2.22. The highest BCUT2D eigenvalue weighted by Gasteiger charge is 2.23. The molecule has 1 aromatic rings. The van der Waals surface area contributed by atoms with Gasteiger partial charge in [0.1, 0.15) is 0 Å². The third-order valence-electron chi connectivity index (χ3n) is 4.20. The summed E-state index contributed by atoms with van der Waals surface area (Å²) in [6.45, 7) is 12.6. The number of thioether (sulfide) groups is 1. The van der Waals surface area contributed by atoms with Gasteiger partial charge >= 0.3 is 0 Å². The number of hydrogen-bond donors (Lipinski definition) is 1. The Kier molecular flexibility index (Phi) is 6.59. The molecule has 21 heavy (non-hydrogen) atoms. The molecule has 2 nitrogen and oxygen atoms in total. The van der Waals surface area contributed by atoms with E-state index in [1.54, 1.807) is 0 Å². The smallest absolute Gasteiger partial charge is 0.0234 e. The van der Waals surface area contributed by atoms with Gasteiger partial charge in [0.25, 0.3) is 0 Å². The Morgan fingerprint density at radius 3 is 2.57 bits per heavy atom. The van der Waals surface area contributed by atoms with Crippen LogP contribution in [0.4, 0.5) is 0 Å². The lowest BCUT2D eigenvalue weighted by molar-refractivity contribution is 0.276. The van der Waals surface area contributed by atoms with Gasteiger partial charge in [-0.2, -0.15) is 11.8 Å². The Morgan fingerprint density at radius 1 is 1.14 bits per heavy atom. The Hall–Kier alpha value is -0.510. The zero-order valence-electron chi connectivity index (χ0n) is 13.8. The number of benzene rings is 1. The van der Waals surface area contributed by atoms with Crippen molar-refractivity contribution in [3.63, 3.8) is 0 Å². The maximum Gasteiger partial charge on any atom is 0.0234 e. The first kappa shape index (κ1) is 16.9. The highest BCUT2D eigenvalue weighted by Crippen LogP contribution is 2.31. The third-order valence-corrected chi connectivity index (χ3v) is 5.57. The molecule has 0 saturated carbocycles. The molecule has 1 N–H and O–H groups in total. The molecule has 1 heterocycles. The van der Waals surface area contributed by atoms with Crippen LogP contribution in [0.3, 0.4) is 0 Å². The summed E-state index contributed by atoms with van der Waals surface area (Å²) in [5.41, 5.74) is 2.89. The first-order valence-corrected chi connectivity index (χ1v) is 9.22. The average Bonchev–Trinajstić information content (AvgIpc) is 2.62. The predicted molar refractivity (Wildman–Crippen MR) is 95.1 cm³/mol. The molecule has 1 fully saturated rings. The van der Waals surface area contributed by atoms with Crippen LogP contribution >= 0.6 is 11.8 Å².